The first-order chi connectivity index (χ1) is 6.36. The van der Waals surface area contributed by atoms with E-state index < -0.39 is 0 Å². The summed E-state index contributed by atoms with van der Waals surface area (Å²) < 4.78 is 5.60. The van der Waals surface area contributed by atoms with Gasteiger partial charge in [-0.15, -0.1) is 0 Å². The molecule has 0 bridgehead atoms. The molecule has 1 N–H and O–H groups in total. The van der Waals surface area contributed by atoms with E-state index in [1.807, 2.05) is 0 Å². The predicted octanol–water partition coefficient (Wildman–Crippen LogP) is 0.690. The Kier molecular flexibility index (Phi) is 1.62. The van der Waals surface area contributed by atoms with Gasteiger partial charge in [-0.1, -0.05) is 0 Å². The van der Waals surface area contributed by atoms with Crippen molar-refractivity contribution in [1.29, 1.82) is 0 Å². The summed E-state index contributed by atoms with van der Waals surface area (Å²) >= 11 is 0. The first-order valence-electron chi connectivity index (χ1n) is 5.28. The van der Waals surface area contributed by atoms with Crippen LogP contribution in [0.15, 0.2) is 0 Å². The molecule has 3 aliphatic rings. The van der Waals surface area contributed by atoms with Crippen molar-refractivity contribution in [3.05, 3.63) is 0 Å². The van der Waals surface area contributed by atoms with Gasteiger partial charge in [0.2, 0.25) is 5.91 Å². The van der Waals surface area contributed by atoms with E-state index in [0.717, 1.165) is 19.4 Å². The van der Waals surface area contributed by atoms with Crippen molar-refractivity contribution in [3.8, 4) is 0 Å². The number of carbonyl (C=O) groups is 1. The number of amides is 1. The fourth-order valence-corrected chi connectivity index (χ4v) is 2.59. The van der Waals surface area contributed by atoms with Gasteiger partial charge in [0.15, 0.2) is 0 Å². The Balaban J connectivity index is 1.67. The van der Waals surface area contributed by atoms with Crippen LogP contribution in [-0.2, 0) is 9.53 Å². The molecule has 3 atom stereocenters. The molecule has 3 nitrogen and oxygen atoms in total. The van der Waals surface area contributed by atoms with Crippen molar-refractivity contribution in [3.63, 3.8) is 0 Å². The molecule has 3 fully saturated rings. The Labute approximate surface area is 77.8 Å². The molecule has 13 heavy (non-hydrogen) atoms. The minimum atomic E-state index is 0.267. The maximum absolute atomic E-state index is 11.3. The zero-order chi connectivity index (χ0) is 8.84. The zero-order valence-corrected chi connectivity index (χ0v) is 7.66. The molecule has 1 saturated carbocycles. The normalized spacial score (nSPS) is 44.3. The molecule has 2 aliphatic heterocycles. The van der Waals surface area contributed by atoms with Gasteiger partial charge in [-0.2, -0.15) is 0 Å². The lowest BCUT2D eigenvalue weighted by molar-refractivity contribution is -0.140. The third-order valence-electron chi connectivity index (χ3n) is 3.49. The van der Waals surface area contributed by atoms with Crippen molar-refractivity contribution in [2.45, 2.75) is 37.8 Å². The number of hydrogen-bond acceptors (Lipinski definition) is 2. The van der Waals surface area contributed by atoms with Gasteiger partial charge in [0.05, 0.1) is 18.1 Å². The van der Waals surface area contributed by atoms with Crippen molar-refractivity contribution in [2.75, 3.05) is 6.61 Å². The summed E-state index contributed by atoms with van der Waals surface area (Å²) in [6.45, 7) is 0.883. The highest BCUT2D eigenvalue weighted by Crippen LogP contribution is 2.44. The largest absolute Gasteiger partial charge is 0.376 e. The van der Waals surface area contributed by atoms with Crippen LogP contribution in [0, 0.1) is 11.8 Å². The Bertz CT molecular complexity index is 231. The van der Waals surface area contributed by atoms with Crippen LogP contribution in [0.4, 0.5) is 0 Å². The minimum Gasteiger partial charge on any atom is -0.376 e. The second kappa shape index (κ2) is 2.71. The lowest BCUT2D eigenvalue weighted by Crippen LogP contribution is -2.63. The standard InChI is InChI=1S/C10H15NO2/c12-10-8(6-3-4-6)9(11-10)7-2-1-5-13-7/h6-9H,1-5H2,(H,11,12). The summed E-state index contributed by atoms with van der Waals surface area (Å²) in [6.07, 6.45) is 5.12. The number of β-lactam (4-membered cyclic amide) rings is 1. The van der Waals surface area contributed by atoms with Gasteiger partial charge < -0.3 is 10.1 Å². The number of ether oxygens (including phenoxy) is 1. The Hall–Kier alpha value is -0.570. The topological polar surface area (TPSA) is 38.3 Å². The van der Waals surface area contributed by atoms with Crippen LogP contribution in [-0.4, -0.2) is 24.7 Å². The van der Waals surface area contributed by atoms with Gasteiger partial charge in [0.25, 0.3) is 0 Å². The van der Waals surface area contributed by atoms with Crippen molar-refractivity contribution < 1.29 is 9.53 Å². The predicted molar refractivity (Wildman–Crippen MR) is 47.1 cm³/mol. The fourth-order valence-electron chi connectivity index (χ4n) is 2.59. The minimum absolute atomic E-state index is 0.267. The van der Waals surface area contributed by atoms with Gasteiger partial charge in [-0.05, 0) is 31.6 Å². The maximum Gasteiger partial charge on any atom is 0.225 e. The van der Waals surface area contributed by atoms with E-state index in [0.29, 0.717) is 24.0 Å². The Morgan fingerprint density at radius 2 is 2.15 bits per heavy atom. The molecule has 0 aromatic rings. The molecule has 3 unspecified atom stereocenters. The van der Waals surface area contributed by atoms with E-state index in [1.54, 1.807) is 0 Å². The summed E-state index contributed by atoms with van der Waals surface area (Å²) in [5, 5.41) is 2.99. The molecule has 1 aliphatic carbocycles. The number of nitrogens with one attached hydrogen (secondary N) is 1. The van der Waals surface area contributed by atoms with Crippen LogP contribution in [0.25, 0.3) is 0 Å². The highest BCUT2D eigenvalue weighted by molar-refractivity contribution is 5.86. The zero-order valence-electron chi connectivity index (χ0n) is 7.66. The average molecular weight is 181 g/mol. The second-order valence-electron chi connectivity index (χ2n) is 4.45. The second-order valence-corrected chi connectivity index (χ2v) is 4.45. The van der Waals surface area contributed by atoms with Gasteiger partial charge in [-0.25, -0.2) is 0 Å². The van der Waals surface area contributed by atoms with Crippen molar-refractivity contribution in [1.82, 2.24) is 5.32 Å². The molecule has 3 rings (SSSR count). The van der Waals surface area contributed by atoms with Crippen LogP contribution < -0.4 is 5.32 Å². The van der Waals surface area contributed by atoms with Gasteiger partial charge in [0.1, 0.15) is 0 Å². The average Bonchev–Trinajstić information content (AvgIpc) is 2.77. The Morgan fingerprint density at radius 1 is 1.31 bits per heavy atom. The molecule has 2 heterocycles. The van der Waals surface area contributed by atoms with E-state index in [2.05, 4.69) is 5.32 Å². The van der Waals surface area contributed by atoms with E-state index >= 15 is 0 Å². The van der Waals surface area contributed by atoms with Crippen LogP contribution in [0.3, 0.4) is 0 Å². The van der Waals surface area contributed by atoms with E-state index in [-0.39, 0.29) is 5.91 Å². The summed E-state index contributed by atoms with van der Waals surface area (Å²) in [7, 11) is 0. The molecule has 0 spiro atoms. The smallest absolute Gasteiger partial charge is 0.225 e. The lowest BCUT2D eigenvalue weighted by atomic mass is 9.82. The summed E-state index contributed by atoms with van der Waals surface area (Å²) in [5.41, 5.74) is 0. The molecule has 0 radical (unpaired) electrons. The van der Waals surface area contributed by atoms with E-state index in [9.17, 15) is 4.79 Å². The summed E-state index contributed by atoms with van der Waals surface area (Å²) in [5.74, 6) is 1.24. The molecule has 0 aromatic carbocycles. The molecule has 2 saturated heterocycles. The number of hydrogen-bond donors (Lipinski definition) is 1. The third kappa shape index (κ3) is 1.17. The van der Waals surface area contributed by atoms with Crippen molar-refractivity contribution in [2.24, 2.45) is 11.8 Å². The number of carbonyl (C=O) groups excluding carboxylic acids is 1. The molecule has 72 valence electrons. The highest BCUT2D eigenvalue weighted by Gasteiger charge is 2.52. The fraction of sp³-hybridized carbons (Fsp3) is 0.900. The third-order valence-corrected chi connectivity index (χ3v) is 3.49. The SMILES string of the molecule is O=C1NC(C2CCCO2)C1C1CC1. The molecular formula is C10H15NO2. The van der Waals surface area contributed by atoms with Crippen LogP contribution in [0.5, 0.6) is 0 Å². The molecule has 3 heteroatoms. The van der Waals surface area contributed by atoms with Gasteiger partial charge in [0, 0.05) is 6.61 Å². The van der Waals surface area contributed by atoms with Crippen molar-refractivity contribution >= 4 is 5.91 Å². The Morgan fingerprint density at radius 3 is 2.69 bits per heavy atom. The first kappa shape index (κ1) is 7.80. The first-order valence-corrected chi connectivity index (χ1v) is 5.28. The summed E-state index contributed by atoms with van der Waals surface area (Å²) in [4.78, 5) is 11.3. The molecule has 1 amide bonds. The van der Waals surface area contributed by atoms with Gasteiger partial charge >= 0.3 is 0 Å². The van der Waals surface area contributed by atoms with Gasteiger partial charge in [-0.3, -0.25) is 4.79 Å². The summed E-state index contributed by atoms with van der Waals surface area (Å²) in [6, 6.07) is 0.350. The van der Waals surface area contributed by atoms with E-state index in [4.69, 9.17) is 4.74 Å². The monoisotopic (exact) mass is 181 g/mol. The van der Waals surface area contributed by atoms with Crippen LogP contribution in [0.2, 0.25) is 0 Å². The molecular weight excluding hydrogens is 166 g/mol. The highest BCUT2D eigenvalue weighted by atomic mass is 16.5. The van der Waals surface area contributed by atoms with Crippen LogP contribution >= 0.6 is 0 Å². The quantitative estimate of drug-likeness (QED) is 0.636. The molecule has 0 aromatic heterocycles. The maximum atomic E-state index is 11.3. The number of rotatable bonds is 2. The van der Waals surface area contributed by atoms with Crippen LogP contribution in [0.1, 0.15) is 25.7 Å². The lowest BCUT2D eigenvalue weighted by Gasteiger charge is -2.40. The van der Waals surface area contributed by atoms with E-state index in [1.165, 1.54) is 12.8 Å².